The van der Waals surface area contributed by atoms with Gasteiger partial charge in [0, 0.05) is 12.8 Å². The van der Waals surface area contributed by atoms with Gasteiger partial charge in [-0.1, -0.05) is 0 Å². The molecule has 0 aromatic rings. The van der Waals surface area contributed by atoms with E-state index in [0.29, 0.717) is 0 Å². The van der Waals surface area contributed by atoms with E-state index in [-0.39, 0.29) is 29.6 Å². The van der Waals surface area contributed by atoms with E-state index in [4.69, 9.17) is 0 Å². The second-order valence-corrected chi connectivity index (χ2v) is 13.1. The smallest absolute Gasteiger partial charge is 0.707 e. The van der Waals surface area contributed by atoms with Gasteiger partial charge in [-0.2, -0.15) is 123 Å². The number of carbonyl (C=O) groups is 2. The molecule has 38 heteroatoms. The van der Waals surface area contributed by atoms with Gasteiger partial charge in [-0.05, 0) is 0 Å². The number of ether oxygens (including phenoxy) is 4. The molecule has 62 heavy (non-hydrogen) atoms. The van der Waals surface area contributed by atoms with Crippen molar-refractivity contribution in [2.24, 2.45) is 0 Å². The van der Waals surface area contributed by atoms with Gasteiger partial charge in [-0.15, -0.1) is 0 Å². The van der Waals surface area contributed by atoms with Gasteiger partial charge < -0.3 is 28.5 Å². The summed E-state index contributed by atoms with van der Waals surface area (Å²) in [5.41, 5.74) is 0. The van der Waals surface area contributed by atoms with Crippen molar-refractivity contribution in [2.45, 2.75) is 96.1 Å². The summed E-state index contributed by atoms with van der Waals surface area (Å²) in [6.07, 6.45) is -23.0. The van der Waals surface area contributed by atoms with Crippen molar-refractivity contribution in [3.63, 3.8) is 0 Å². The Balaban J connectivity index is 0. The molecule has 0 aliphatic heterocycles. The van der Waals surface area contributed by atoms with E-state index in [2.05, 4.69) is 23.3 Å². The molecule has 364 valence electrons. The van der Waals surface area contributed by atoms with Gasteiger partial charge in [0.15, 0.2) is 5.25 Å². The van der Waals surface area contributed by atoms with Crippen LogP contribution in [0.5, 0.6) is 0 Å². The third-order valence-corrected chi connectivity index (χ3v) is 8.38. The normalized spacial score (nSPS) is 15.5. The Hall–Kier alpha value is -2.09. The summed E-state index contributed by atoms with van der Waals surface area (Å²) >= 11 is 0. The molecule has 0 aromatic carbocycles. The van der Waals surface area contributed by atoms with Gasteiger partial charge in [0.2, 0.25) is 0 Å². The average molecular weight is 1020 g/mol. The van der Waals surface area contributed by atoms with Crippen LogP contribution in [0.2, 0.25) is 0 Å². The maximum atomic E-state index is 13.8. The molecule has 0 aliphatic carbocycles. The summed E-state index contributed by atoms with van der Waals surface area (Å²) < 4.78 is 383. The summed E-state index contributed by atoms with van der Waals surface area (Å²) in [4.78, 5) is 23.9. The first-order chi connectivity index (χ1) is 26.7. The van der Waals surface area contributed by atoms with Crippen LogP contribution < -0.4 is 34.8 Å². The van der Waals surface area contributed by atoms with Gasteiger partial charge in [0.05, 0.1) is 32.8 Å². The quantitative estimate of drug-likeness (QED) is 0.0333. The minimum absolute atomic E-state index is 0. The summed E-state index contributed by atoms with van der Waals surface area (Å²) in [5.74, 6) is -81.4. The molecule has 0 heterocycles. The molecular formula is C24H19F26NaO10S. The number of alkyl halides is 26. The Morgan fingerprint density at radius 1 is 0.435 bits per heavy atom. The molecule has 0 N–H and O–H groups in total. The van der Waals surface area contributed by atoms with E-state index in [1.807, 2.05) is 0 Å². The van der Waals surface area contributed by atoms with Crippen molar-refractivity contribution >= 4 is 22.1 Å². The minimum Gasteiger partial charge on any atom is -0.707 e. The molecule has 1 atom stereocenters. The molecule has 1 unspecified atom stereocenters. The number of rotatable bonds is 25. The van der Waals surface area contributed by atoms with Crippen molar-refractivity contribution in [3.05, 3.63) is 0 Å². The summed E-state index contributed by atoms with van der Waals surface area (Å²) in [7, 11) is -5.81. The largest absolute Gasteiger partial charge is 1.00 e. The van der Waals surface area contributed by atoms with E-state index in [0.717, 1.165) is 0 Å². The third kappa shape index (κ3) is 12.0. The van der Waals surface area contributed by atoms with Gasteiger partial charge in [0.1, 0.15) is 13.2 Å². The molecule has 0 bridgehead atoms. The molecule has 0 rings (SSSR count). The average Bonchev–Trinajstić information content (AvgIpc) is 3.08. The van der Waals surface area contributed by atoms with Gasteiger partial charge >= 0.3 is 113 Å². The zero-order valence-corrected chi connectivity index (χ0v) is 32.1. The van der Waals surface area contributed by atoms with Crippen LogP contribution in [0.1, 0.15) is 19.3 Å². The second kappa shape index (κ2) is 20.2. The molecule has 0 saturated heterocycles. The number of hydrogen-bond donors (Lipinski definition) is 0. The number of hydrogen-bond acceptors (Lipinski definition) is 10. The Labute approximate surface area is 347 Å². The number of carbonyl (C=O) groups excluding carboxylic acids is 2. The molecular weight excluding hydrogens is 997 g/mol. The standard InChI is InChI=1S/C24H20F26O10S.Na/c25-13(26,15(29,30)17(33,34)19(37,38)21(41,42)23(45,46)47)1-3-56-5-7-58-11(51)9-10(61(54,55)60-53)12(52)59-8-6-57-4-2-14(27,28)16(31,32)18(35,36)20(39,40)22(43,44)24(48,49)50;/h10,53H,1-9H2;/q;+1/p-1. The Kier molecular flexibility index (Phi) is 20.2. The fourth-order valence-electron chi connectivity index (χ4n) is 3.59. The van der Waals surface area contributed by atoms with Crippen LogP contribution in [0, 0.1) is 0 Å². The van der Waals surface area contributed by atoms with Gasteiger partial charge in [-0.3, -0.25) is 9.59 Å². The molecule has 0 aliphatic rings. The minimum atomic E-state index is -8.20. The predicted molar refractivity (Wildman–Crippen MR) is 133 cm³/mol. The van der Waals surface area contributed by atoms with E-state index in [1.165, 1.54) is 0 Å². The molecule has 0 saturated carbocycles. The monoisotopic (exact) mass is 1020 g/mol. The predicted octanol–water partition coefficient (Wildman–Crippen LogP) is 3.75. The third-order valence-electron chi connectivity index (χ3n) is 7.14. The van der Waals surface area contributed by atoms with Crippen LogP contribution in [0.3, 0.4) is 0 Å². The summed E-state index contributed by atoms with van der Waals surface area (Å²) in [6, 6.07) is 0. The summed E-state index contributed by atoms with van der Waals surface area (Å²) in [6.45, 7) is -9.72. The van der Waals surface area contributed by atoms with E-state index in [9.17, 15) is 137 Å². The van der Waals surface area contributed by atoms with E-state index in [1.54, 1.807) is 0 Å². The van der Waals surface area contributed by atoms with Crippen LogP contribution >= 0.6 is 0 Å². The van der Waals surface area contributed by atoms with Crippen molar-refractivity contribution in [3.8, 4) is 0 Å². The molecule has 0 aromatic heterocycles. The molecule has 0 amide bonds. The number of halogens is 26. The first-order valence-corrected chi connectivity index (χ1v) is 16.1. The van der Waals surface area contributed by atoms with Crippen LogP contribution in [0.4, 0.5) is 114 Å². The number of esters is 2. The second-order valence-electron chi connectivity index (χ2n) is 11.4. The first kappa shape index (κ1) is 62.0. The molecule has 0 radical (unpaired) electrons. The first-order valence-electron chi connectivity index (χ1n) is 14.6. The zero-order valence-electron chi connectivity index (χ0n) is 29.3. The molecule has 0 spiro atoms. The maximum Gasteiger partial charge on any atom is 1.00 e. The SMILES string of the molecule is O=C(CC(C(=O)OCCOCCC(F)(F)C(F)(F)C(F)(F)C(F)(F)C(F)(F)C(F)(F)F)S(=O)(=O)O[O-])OCCOCCC(F)(F)C(F)(F)C(F)(F)C(F)(F)C(F)(F)C(F)(F)F.[Na+]. The van der Waals surface area contributed by atoms with Crippen molar-refractivity contribution in [2.75, 3.05) is 39.6 Å². The topological polar surface area (TPSA) is 137 Å². The van der Waals surface area contributed by atoms with Gasteiger partial charge in [0.25, 0.3) is 10.1 Å². The molecule has 10 nitrogen and oxygen atoms in total. The van der Waals surface area contributed by atoms with Gasteiger partial charge in [-0.25, -0.2) is 0 Å². The Morgan fingerprint density at radius 3 is 1.02 bits per heavy atom. The Morgan fingerprint density at radius 2 is 0.726 bits per heavy atom. The molecule has 0 fully saturated rings. The fraction of sp³-hybridized carbons (Fsp3) is 0.917. The Bertz CT molecular complexity index is 1600. The van der Waals surface area contributed by atoms with Crippen LogP contribution in [0.15, 0.2) is 0 Å². The van der Waals surface area contributed by atoms with E-state index >= 15 is 0 Å². The van der Waals surface area contributed by atoms with Crippen LogP contribution in [-0.2, 0) is 43.0 Å². The summed E-state index contributed by atoms with van der Waals surface area (Å²) in [5, 5.41) is 7.35. The van der Waals surface area contributed by atoms with Crippen molar-refractivity contribution in [1.29, 1.82) is 0 Å². The maximum absolute atomic E-state index is 13.8. The van der Waals surface area contributed by atoms with Crippen molar-refractivity contribution < 1.29 is 190 Å². The van der Waals surface area contributed by atoms with E-state index < -0.39 is 158 Å². The zero-order chi connectivity index (χ0) is 49.1. The fourth-order valence-corrected chi connectivity index (χ4v) is 4.33. The van der Waals surface area contributed by atoms with Crippen LogP contribution in [-0.4, -0.2) is 137 Å². The van der Waals surface area contributed by atoms with Crippen LogP contribution in [0.25, 0.3) is 0 Å². The van der Waals surface area contributed by atoms with Crippen molar-refractivity contribution in [1.82, 2.24) is 0 Å².